The number of ether oxygens (including phenoxy) is 1. The van der Waals surface area contributed by atoms with Crippen LogP contribution in [0, 0.1) is 0 Å². The fourth-order valence-electron chi connectivity index (χ4n) is 3.95. The Kier molecular flexibility index (Phi) is 29.8. The van der Waals surface area contributed by atoms with Crippen molar-refractivity contribution in [3.63, 3.8) is 0 Å². The smallest absolute Gasteiger partial charge is 0.313 e. The summed E-state index contributed by atoms with van der Waals surface area (Å²) in [6.45, 7) is 4.42. The zero-order valence-electron chi connectivity index (χ0n) is 25.3. The van der Waals surface area contributed by atoms with E-state index in [1.807, 2.05) is 0 Å². The highest BCUT2D eigenvalue weighted by Gasteiger charge is 2.09. The van der Waals surface area contributed by atoms with Gasteiger partial charge in [-0.2, -0.15) is 0 Å². The lowest BCUT2D eigenvalue weighted by Crippen LogP contribution is -2.11. The molecular formula is C36H58O3. The Morgan fingerprint density at radius 3 is 1.08 bits per heavy atom. The van der Waals surface area contributed by atoms with Crippen LogP contribution in [0.1, 0.15) is 142 Å². The fraction of sp³-hybridized carbons (Fsp3) is 0.611. The van der Waals surface area contributed by atoms with Gasteiger partial charge in [0.1, 0.15) is 0 Å². The minimum atomic E-state index is -0.365. The molecule has 0 aromatic carbocycles. The van der Waals surface area contributed by atoms with Gasteiger partial charge in [-0.15, -0.1) is 0 Å². The highest BCUT2D eigenvalue weighted by atomic mass is 16.6. The van der Waals surface area contributed by atoms with Crippen molar-refractivity contribution < 1.29 is 14.3 Å². The number of rotatable bonds is 26. The Balaban J connectivity index is 3.51. The van der Waals surface area contributed by atoms with Gasteiger partial charge in [0.05, 0.1) is 0 Å². The molecule has 0 aliphatic carbocycles. The second-order valence-electron chi connectivity index (χ2n) is 10.2. The Morgan fingerprint density at radius 1 is 0.410 bits per heavy atom. The van der Waals surface area contributed by atoms with E-state index in [0.29, 0.717) is 12.8 Å². The number of hydrogen-bond acceptors (Lipinski definition) is 3. The predicted molar refractivity (Wildman–Crippen MR) is 170 cm³/mol. The number of esters is 2. The van der Waals surface area contributed by atoms with Gasteiger partial charge in [-0.1, -0.05) is 151 Å². The van der Waals surface area contributed by atoms with Crippen molar-refractivity contribution in [2.24, 2.45) is 0 Å². The molecule has 0 saturated carbocycles. The molecule has 39 heavy (non-hydrogen) atoms. The molecule has 0 unspecified atom stereocenters. The van der Waals surface area contributed by atoms with Gasteiger partial charge in [-0.3, -0.25) is 9.59 Å². The van der Waals surface area contributed by atoms with Crippen molar-refractivity contribution in [3.05, 3.63) is 72.9 Å². The monoisotopic (exact) mass is 538 g/mol. The average molecular weight is 539 g/mol. The first-order valence-corrected chi connectivity index (χ1v) is 15.9. The molecule has 3 heteroatoms. The van der Waals surface area contributed by atoms with Crippen molar-refractivity contribution in [3.8, 4) is 0 Å². The highest BCUT2D eigenvalue weighted by Crippen LogP contribution is 2.11. The van der Waals surface area contributed by atoms with E-state index >= 15 is 0 Å². The van der Waals surface area contributed by atoms with E-state index in [2.05, 4.69) is 86.8 Å². The highest BCUT2D eigenvalue weighted by molar-refractivity contribution is 5.85. The van der Waals surface area contributed by atoms with Crippen LogP contribution in [0.15, 0.2) is 72.9 Å². The van der Waals surface area contributed by atoms with E-state index in [1.165, 1.54) is 51.4 Å². The Morgan fingerprint density at radius 2 is 0.718 bits per heavy atom. The zero-order valence-corrected chi connectivity index (χ0v) is 25.3. The third-order valence-corrected chi connectivity index (χ3v) is 6.39. The molecule has 0 atom stereocenters. The van der Waals surface area contributed by atoms with Gasteiger partial charge in [0, 0.05) is 12.8 Å². The second-order valence-corrected chi connectivity index (χ2v) is 10.2. The quantitative estimate of drug-likeness (QED) is 0.0476. The molecule has 0 spiro atoms. The summed E-state index contributed by atoms with van der Waals surface area (Å²) >= 11 is 0. The van der Waals surface area contributed by atoms with E-state index < -0.39 is 0 Å². The fourth-order valence-corrected chi connectivity index (χ4v) is 3.95. The van der Waals surface area contributed by atoms with Crippen LogP contribution in [0.4, 0.5) is 0 Å². The first-order chi connectivity index (χ1) is 19.2. The number of carbonyl (C=O) groups is 2. The maximum atomic E-state index is 11.9. The van der Waals surface area contributed by atoms with E-state index in [0.717, 1.165) is 64.2 Å². The van der Waals surface area contributed by atoms with Crippen molar-refractivity contribution in [1.82, 2.24) is 0 Å². The number of unbranched alkanes of at least 4 members (excludes halogenated alkanes) is 14. The predicted octanol–water partition coefficient (Wildman–Crippen LogP) is 11.2. The number of allylic oxidation sites excluding steroid dienone is 12. The maximum Gasteiger partial charge on any atom is 0.313 e. The lowest BCUT2D eigenvalue weighted by atomic mass is 10.1. The normalized spacial score (nSPS) is 12.5. The van der Waals surface area contributed by atoms with Crippen molar-refractivity contribution >= 4 is 11.9 Å². The molecule has 0 heterocycles. The van der Waals surface area contributed by atoms with Gasteiger partial charge in [0.2, 0.25) is 0 Å². The molecule has 220 valence electrons. The largest absolute Gasteiger partial charge is 0.393 e. The van der Waals surface area contributed by atoms with E-state index in [4.69, 9.17) is 4.74 Å². The molecule has 3 nitrogen and oxygen atoms in total. The van der Waals surface area contributed by atoms with Crippen LogP contribution in [0.25, 0.3) is 0 Å². The molecule has 0 rings (SSSR count). The summed E-state index contributed by atoms with van der Waals surface area (Å²) < 4.78 is 4.97. The van der Waals surface area contributed by atoms with E-state index in [1.54, 1.807) is 0 Å². The van der Waals surface area contributed by atoms with E-state index in [9.17, 15) is 9.59 Å². The first kappa shape index (κ1) is 36.6. The number of carbonyl (C=O) groups excluding carboxylic acids is 2. The molecule has 0 bridgehead atoms. The summed E-state index contributed by atoms with van der Waals surface area (Å²) in [6, 6.07) is 0. The van der Waals surface area contributed by atoms with Crippen LogP contribution in [0.5, 0.6) is 0 Å². The summed E-state index contributed by atoms with van der Waals surface area (Å²) in [6.07, 6.45) is 46.4. The molecule has 0 N–H and O–H groups in total. The van der Waals surface area contributed by atoms with Crippen LogP contribution in [0.2, 0.25) is 0 Å². The lowest BCUT2D eigenvalue weighted by Gasteiger charge is -2.04. The molecule has 0 fully saturated rings. The summed E-state index contributed by atoms with van der Waals surface area (Å²) in [4.78, 5) is 23.7. The van der Waals surface area contributed by atoms with Crippen LogP contribution < -0.4 is 0 Å². The van der Waals surface area contributed by atoms with Gasteiger partial charge in [0.25, 0.3) is 0 Å². The van der Waals surface area contributed by atoms with Gasteiger partial charge in [-0.25, -0.2) is 0 Å². The number of hydrogen-bond donors (Lipinski definition) is 0. The lowest BCUT2D eigenvalue weighted by molar-refractivity contribution is -0.159. The van der Waals surface area contributed by atoms with Crippen LogP contribution in [-0.4, -0.2) is 11.9 Å². The standard InChI is InChI=1S/C36H58O3/c1-3-5-7-9-11-13-15-17-19-21-23-25-27-29-31-33-35(37)39-36(38)34-32-30-28-26-24-22-20-18-16-14-12-10-8-6-4-2/h9-20H,3-8,21-34H2,1-2H3/b11-9+,12-10+,15-13+,16-14+,19-17-,20-18-. The van der Waals surface area contributed by atoms with Crippen molar-refractivity contribution in [2.45, 2.75) is 142 Å². The topological polar surface area (TPSA) is 43.4 Å². The summed E-state index contributed by atoms with van der Waals surface area (Å²) in [5.74, 6) is -0.730. The first-order valence-electron chi connectivity index (χ1n) is 15.9. The molecular weight excluding hydrogens is 480 g/mol. The van der Waals surface area contributed by atoms with Crippen molar-refractivity contribution in [2.75, 3.05) is 0 Å². The maximum absolute atomic E-state index is 11.9. The molecule has 0 saturated heterocycles. The molecule has 0 amide bonds. The second kappa shape index (κ2) is 31.8. The SMILES string of the molecule is CCCC/C=C/C=C/C=C\CCCCCCCC(=O)OC(=O)CCCCCCC\C=C/C=C/C=C/CCCC. The van der Waals surface area contributed by atoms with Gasteiger partial charge in [-0.05, 0) is 51.4 Å². The Bertz CT molecular complexity index is 674. The van der Waals surface area contributed by atoms with Crippen LogP contribution in [0.3, 0.4) is 0 Å². The Labute approximate surface area is 241 Å². The van der Waals surface area contributed by atoms with Gasteiger partial charge < -0.3 is 4.74 Å². The molecule has 0 radical (unpaired) electrons. The van der Waals surface area contributed by atoms with Crippen molar-refractivity contribution in [1.29, 1.82) is 0 Å². The minimum Gasteiger partial charge on any atom is -0.393 e. The molecule has 0 aliphatic rings. The van der Waals surface area contributed by atoms with Crippen LogP contribution in [-0.2, 0) is 14.3 Å². The molecule has 0 aromatic rings. The minimum absolute atomic E-state index is 0.347. The summed E-state index contributed by atoms with van der Waals surface area (Å²) in [5, 5.41) is 0. The van der Waals surface area contributed by atoms with E-state index in [-0.39, 0.29) is 11.9 Å². The Hall–Kier alpha value is -2.42. The van der Waals surface area contributed by atoms with Gasteiger partial charge >= 0.3 is 11.9 Å². The average Bonchev–Trinajstić information content (AvgIpc) is 2.93. The van der Waals surface area contributed by atoms with Gasteiger partial charge in [0.15, 0.2) is 0 Å². The molecule has 0 aromatic heterocycles. The zero-order chi connectivity index (χ0) is 28.5. The van der Waals surface area contributed by atoms with Crippen LogP contribution >= 0.6 is 0 Å². The summed E-state index contributed by atoms with van der Waals surface area (Å²) in [7, 11) is 0. The third-order valence-electron chi connectivity index (χ3n) is 6.39. The molecule has 0 aliphatic heterocycles. The summed E-state index contributed by atoms with van der Waals surface area (Å²) in [5.41, 5.74) is 0. The third kappa shape index (κ3) is 31.7.